The fourth-order valence-corrected chi connectivity index (χ4v) is 3.33. The second kappa shape index (κ2) is 7.90. The van der Waals surface area contributed by atoms with Crippen molar-refractivity contribution in [1.29, 1.82) is 0 Å². The van der Waals surface area contributed by atoms with Crippen molar-refractivity contribution >= 4 is 11.6 Å². The average Bonchev–Trinajstić information content (AvgIpc) is 2.68. The smallest absolute Gasteiger partial charge is 0.227 e. The van der Waals surface area contributed by atoms with Gasteiger partial charge in [0.1, 0.15) is 17.4 Å². The molecule has 0 bridgehead atoms. The molecule has 0 spiro atoms. The first-order valence-electron chi connectivity index (χ1n) is 9.02. The van der Waals surface area contributed by atoms with Gasteiger partial charge in [0.15, 0.2) is 0 Å². The Morgan fingerprint density at radius 3 is 2.57 bits per heavy atom. The van der Waals surface area contributed by atoms with Crippen molar-refractivity contribution in [1.82, 2.24) is 14.9 Å². The van der Waals surface area contributed by atoms with E-state index in [0.29, 0.717) is 24.6 Å². The Morgan fingerprint density at radius 1 is 1.11 bits per heavy atom. The number of benzene rings is 2. The quantitative estimate of drug-likeness (QED) is 0.721. The fraction of sp³-hybridized carbons (Fsp3) is 0.238. The number of methoxy groups -OCH3 is 1. The molecule has 1 aromatic heterocycles. The van der Waals surface area contributed by atoms with Gasteiger partial charge in [-0.3, -0.25) is 4.90 Å². The molecule has 0 radical (unpaired) electrons. The Hall–Kier alpha value is -3.06. The van der Waals surface area contributed by atoms with Crippen LogP contribution >= 0.6 is 0 Å². The van der Waals surface area contributed by atoms with Gasteiger partial charge in [0.05, 0.1) is 12.8 Å². The van der Waals surface area contributed by atoms with Crippen LogP contribution in [0, 0.1) is 11.6 Å². The Balaban J connectivity index is 1.43. The highest BCUT2D eigenvalue weighted by Crippen LogP contribution is 2.22. The largest absolute Gasteiger partial charge is 0.497 e. The number of hydrogen-bond acceptors (Lipinski definition) is 5. The summed E-state index contributed by atoms with van der Waals surface area (Å²) in [6, 6.07) is 11.2. The van der Waals surface area contributed by atoms with Gasteiger partial charge < -0.3 is 10.1 Å². The van der Waals surface area contributed by atoms with Crippen molar-refractivity contribution in [2.24, 2.45) is 0 Å². The number of fused-ring (bicyclic) bond motifs is 1. The zero-order valence-corrected chi connectivity index (χ0v) is 15.5. The maximum absolute atomic E-state index is 13.4. The zero-order chi connectivity index (χ0) is 19.5. The number of nitrogens with one attached hydrogen (secondary N) is 1. The molecule has 1 N–H and O–H groups in total. The molecule has 0 fully saturated rings. The lowest BCUT2D eigenvalue weighted by Gasteiger charge is -2.28. The van der Waals surface area contributed by atoms with Gasteiger partial charge in [-0.25, -0.2) is 18.7 Å². The van der Waals surface area contributed by atoms with Gasteiger partial charge in [-0.1, -0.05) is 0 Å². The maximum atomic E-state index is 13.4. The molecule has 4 rings (SSSR count). The summed E-state index contributed by atoms with van der Waals surface area (Å²) in [5, 5.41) is 3.19. The van der Waals surface area contributed by atoms with Gasteiger partial charge >= 0.3 is 0 Å². The van der Waals surface area contributed by atoms with Gasteiger partial charge in [0, 0.05) is 49.6 Å². The van der Waals surface area contributed by atoms with E-state index in [1.165, 1.54) is 12.1 Å². The number of hydrogen-bond donors (Lipinski definition) is 1. The van der Waals surface area contributed by atoms with Gasteiger partial charge in [0.25, 0.3) is 0 Å². The second-order valence-corrected chi connectivity index (χ2v) is 6.76. The minimum absolute atomic E-state index is 0.486. The summed E-state index contributed by atoms with van der Waals surface area (Å²) < 4.78 is 31.9. The molecule has 1 aliphatic rings. The third-order valence-electron chi connectivity index (χ3n) is 4.69. The Morgan fingerprint density at radius 2 is 1.86 bits per heavy atom. The van der Waals surface area contributed by atoms with E-state index in [1.807, 2.05) is 30.5 Å². The third-order valence-corrected chi connectivity index (χ3v) is 4.69. The van der Waals surface area contributed by atoms with Crippen molar-refractivity contribution < 1.29 is 13.5 Å². The lowest BCUT2D eigenvalue weighted by molar-refractivity contribution is 0.242. The number of rotatable bonds is 5. The minimum Gasteiger partial charge on any atom is -0.497 e. The number of nitrogens with zero attached hydrogens (tertiary/aromatic N) is 3. The number of anilines is 2. The van der Waals surface area contributed by atoms with Crippen LogP contribution in [0.1, 0.15) is 16.8 Å². The molecule has 0 amide bonds. The van der Waals surface area contributed by atoms with Gasteiger partial charge in [0.2, 0.25) is 5.95 Å². The second-order valence-electron chi connectivity index (χ2n) is 6.76. The summed E-state index contributed by atoms with van der Waals surface area (Å²) >= 11 is 0. The standard InChI is InChI=1S/C21H20F2N4O/c1-28-19-4-2-18(3-5-19)25-21-24-11-15-13-27(7-6-20(15)26-21)12-14-8-16(22)10-17(23)9-14/h2-5,8-11H,6-7,12-13H2,1H3,(H,24,25,26). The summed E-state index contributed by atoms with van der Waals surface area (Å²) in [5.74, 6) is 0.231. The first kappa shape index (κ1) is 18.3. The van der Waals surface area contributed by atoms with Crippen LogP contribution in [0.25, 0.3) is 0 Å². The predicted octanol–water partition coefficient (Wildman–Crippen LogP) is 4.07. The van der Waals surface area contributed by atoms with Crippen LogP contribution in [0.3, 0.4) is 0 Å². The molecule has 5 nitrogen and oxygen atoms in total. The highest BCUT2D eigenvalue weighted by Gasteiger charge is 2.19. The predicted molar refractivity (Wildman–Crippen MR) is 102 cm³/mol. The lowest BCUT2D eigenvalue weighted by Crippen LogP contribution is -2.31. The summed E-state index contributed by atoms with van der Waals surface area (Å²) in [5.41, 5.74) is 3.53. The molecule has 2 aromatic carbocycles. The maximum Gasteiger partial charge on any atom is 0.227 e. The van der Waals surface area contributed by atoms with Crippen LogP contribution in [0.4, 0.5) is 20.4 Å². The molecular formula is C21H20F2N4O. The first-order chi connectivity index (χ1) is 13.6. The Kier molecular flexibility index (Phi) is 5.16. The van der Waals surface area contributed by atoms with E-state index < -0.39 is 11.6 Å². The van der Waals surface area contributed by atoms with Crippen LogP contribution in [0.15, 0.2) is 48.7 Å². The Labute approximate surface area is 162 Å². The van der Waals surface area contributed by atoms with E-state index in [0.717, 1.165) is 41.7 Å². The van der Waals surface area contributed by atoms with E-state index in [1.54, 1.807) is 7.11 Å². The highest BCUT2D eigenvalue weighted by molar-refractivity contribution is 5.54. The molecule has 144 valence electrons. The SMILES string of the molecule is COc1ccc(Nc2ncc3c(n2)CCN(Cc2cc(F)cc(F)c2)C3)cc1. The molecule has 2 heterocycles. The van der Waals surface area contributed by atoms with Crippen LogP contribution in [-0.4, -0.2) is 28.5 Å². The molecule has 0 unspecified atom stereocenters. The molecule has 0 aliphatic carbocycles. The third kappa shape index (κ3) is 4.26. The van der Waals surface area contributed by atoms with Gasteiger partial charge in [-0.05, 0) is 42.0 Å². The van der Waals surface area contributed by atoms with Gasteiger partial charge in [-0.15, -0.1) is 0 Å². The molecular weight excluding hydrogens is 362 g/mol. The first-order valence-corrected chi connectivity index (χ1v) is 9.02. The van der Waals surface area contributed by atoms with E-state index in [4.69, 9.17) is 4.74 Å². The molecule has 7 heteroatoms. The average molecular weight is 382 g/mol. The fourth-order valence-electron chi connectivity index (χ4n) is 3.33. The summed E-state index contributed by atoms with van der Waals surface area (Å²) in [6.07, 6.45) is 2.57. The normalized spacial score (nSPS) is 13.8. The summed E-state index contributed by atoms with van der Waals surface area (Å²) in [6.45, 7) is 1.90. The monoisotopic (exact) mass is 382 g/mol. The van der Waals surface area contributed by atoms with Crippen LogP contribution in [-0.2, 0) is 19.5 Å². The summed E-state index contributed by atoms with van der Waals surface area (Å²) in [4.78, 5) is 11.2. The van der Waals surface area contributed by atoms with Crippen molar-refractivity contribution in [2.75, 3.05) is 19.0 Å². The van der Waals surface area contributed by atoms with E-state index in [2.05, 4.69) is 20.2 Å². The van der Waals surface area contributed by atoms with Gasteiger partial charge in [-0.2, -0.15) is 0 Å². The lowest BCUT2D eigenvalue weighted by atomic mass is 10.1. The highest BCUT2D eigenvalue weighted by atomic mass is 19.1. The zero-order valence-electron chi connectivity index (χ0n) is 15.5. The number of ether oxygens (including phenoxy) is 1. The topological polar surface area (TPSA) is 50.3 Å². The van der Waals surface area contributed by atoms with Crippen LogP contribution < -0.4 is 10.1 Å². The van der Waals surface area contributed by atoms with Crippen molar-refractivity contribution in [3.05, 3.63) is 77.1 Å². The van der Waals surface area contributed by atoms with E-state index >= 15 is 0 Å². The van der Waals surface area contributed by atoms with Crippen LogP contribution in [0.5, 0.6) is 5.75 Å². The molecule has 0 saturated heterocycles. The number of halogens is 2. The molecule has 28 heavy (non-hydrogen) atoms. The van der Waals surface area contributed by atoms with Crippen LogP contribution in [0.2, 0.25) is 0 Å². The van der Waals surface area contributed by atoms with Crippen molar-refractivity contribution in [3.8, 4) is 5.75 Å². The van der Waals surface area contributed by atoms with E-state index in [9.17, 15) is 8.78 Å². The molecule has 3 aromatic rings. The molecule has 0 atom stereocenters. The molecule has 1 aliphatic heterocycles. The number of aromatic nitrogens is 2. The Bertz CT molecular complexity index is 958. The molecule has 0 saturated carbocycles. The summed E-state index contributed by atoms with van der Waals surface area (Å²) in [7, 11) is 1.63. The van der Waals surface area contributed by atoms with Crippen molar-refractivity contribution in [3.63, 3.8) is 0 Å². The van der Waals surface area contributed by atoms with Crippen molar-refractivity contribution in [2.45, 2.75) is 19.5 Å². The minimum atomic E-state index is -0.551. The van der Waals surface area contributed by atoms with E-state index in [-0.39, 0.29) is 0 Å².